The van der Waals surface area contributed by atoms with Crippen molar-refractivity contribution in [3.8, 4) is 0 Å². The summed E-state index contributed by atoms with van der Waals surface area (Å²) >= 11 is 0. The number of carbonyl (C=O) groups is 1. The Bertz CT molecular complexity index is 623. The molecule has 138 valence electrons. The summed E-state index contributed by atoms with van der Waals surface area (Å²) in [6.07, 6.45) is -1.30. The van der Waals surface area contributed by atoms with Crippen molar-refractivity contribution in [2.45, 2.75) is 44.8 Å². The van der Waals surface area contributed by atoms with Crippen molar-refractivity contribution in [3.63, 3.8) is 0 Å². The lowest BCUT2D eigenvalue weighted by atomic mass is 10.1. The Kier molecular flexibility index (Phi) is 5.01. The number of likely N-dealkylation sites (tertiary alicyclic amines) is 1. The predicted octanol–water partition coefficient (Wildman–Crippen LogP) is 2.52. The first-order valence-corrected chi connectivity index (χ1v) is 8.56. The number of halogens is 3. The predicted molar refractivity (Wildman–Crippen MR) is 87.4 cm³/mol. The van der Waals surface area contributed by atoms with Crippen molar-refractivity contribution in [1.82, 2.24) is 14.9 Å². The number of aromatic nitrogens is 2. The molecule has 1 aromatic heterocycles. The zero-order chi connectivity index (χ0) is 18.0. The molecule has 1 aromatic rings. The van der Waals surface area contributed by atoms with Crippen LogP contribution in [0, 0.1) is 0 Å². The maximum absolute atomic E-state index is 13.1. The average Bonchev–Trinajstić information content (AvgIpc) is 3.09. The molecule has 0 unspecified atom stereocenters. The van der Waals surface area contributed by atoms with E-state index in [1.165, 1.54) is 6.92 Å². The number of nitrogens with zero attached hydrogens (tertiary/aromatic N) is 4. The Morgan fingerprint density at radius 2 is 1.80 bits per heavy atom. The highest BCUT2D eigenvalue weighted by Crippen LogP contribution is 2.30. The van der Waals surface area contributed by atoms with Gasteiger partial charge in [0.2, 0.25) is 11.7 Å². The van der Waals surface area contributed by atoms with Gasteiger partial charge in [0.1, 0.15) is 11.6 Å². The number of alkyl halides is 3. The molecule has 9 heteroatoms. The number of anilines is 2. The van der Waals surface area contributed by atoms with Crippen LogP contribution < -0.4 is 10.2 Å². The highest BCUT2D eigenvalue weighted by Gasteiger charge is 2.36. The molecular weight excluding hydrogens is 335 g/mol. The van der Waals surface area contributed by atoms with Crippen LogP contribution in [0.5, 0.6) is 0 Å². The molecule has 2 aliphatic rings. The van der Waals surface area contributed by atoms with Gasteiger partial charge in [-0.1, -0.05) is 0 Å². The van der Waals surface area contributed by atoms with Crippen LogP contribution in [0.15, 0.2) is 6.07 Å². The molecule has 0 saturated carbocycles. The van der Waals surface area contributed by atoms with Crippen LogP contribution in [0.2, 0.25) is 0 Å². The molecule has 3 heterocycles. The summed E-state index contributed by atoms with van der Waals surface area (Å²) in [5.74, 6) is -0.564. The third-order valence-corrected chi connectivity index (χ3v) is 4.69. The number of hydrogen-bond donors (Lipinski definition) is 1. The summed E-state index contributed by atoms with van der Waals surface area (Å²) in [7, 11) is 0. The van der Waals surface area contributed by atoms with Gasteiger partial charge in [-0.3, -0.25) is 4.79 Å². The topological polar surface area (TPSA) is 61.4 Å². The molecule has 3 rings (SSSR count). The lowest BCUT2D eigenvalue weighted by molar-refractivity contribution is -0.144. The number of nitrogens with one attached hydrogen (secondary N) is 1. The molecule has 1 amide bonds. The van der Waals surface area contributed by atoms with E-state index in [1.807, 2.05) is 4.90 Å². The molecule has 25 heavy (non-hydrogen) atoms. The molecule has 0 radical (unpaired) electrons. The summed E-state index contributed by atoms with van der Waals surface area (Å²) in [5, 5.41) is 3.10. The van der Waals surface area contributed by atoms with Crippen LogP contribution in [-0.4, -0.2) is 53.0 Å². The van der Waals surface area contributed by atoms with Crippen molar-refractivity contribution in [2.75, 3.05) is 36.4 Å². The minimum Gasteiger partial charge on any atom is -0.367 e. The lowest BCUT2D eigenvalue weighted by Gasteiger charge is -2.32. The molecule has 0 aromatic carbocycles. The molecule has 2 saturated heterocycles. The Morgan fingerprint density at radius 3 is 2.36 bits per heavy atom. The van der Waals surface area contributed by atoms with Crippen molar-refractivity contribution >= 4 is 17.5 Å². The van der Waals surface area contributed by atoms with Gasteiger partial charge in [0.25, 0.3) is 0 Å². The molecule has 0 atom stereocenters. The standard InChI is InChI=1S/C16H22F3N5O/c1-11(25)23-8-4-12(5-9-23)20-13-10-14(24-6-2-3-7-24)22-15(21-13)16(17,18)19/h10,12H,2-9H2,1H3,(H,20,21,22). The van der Waals surface area contributed by atoms with Crippen molar-refractivity contribution < 1.29 is 18.0 Å². The van der Waals surface area contributed by atoms with Crippen molar-refractivity contribution in [2.24, 2.45) is 0 Å². The molecule has 2 aliphatic heterocycles. The van der Waals surface area contributed by atoms with Crippen LogP contribution in [-0.2, 0) is 11.0 Å². The van der Waals surface area contributed by atoms with E-state index in [9.17, 15) is 18.0 Å². The summed E-state index contributed by atoms with van der Waals surface area (Å²) in [6.45, 7) is 4.15. The third kappa shape index (κ3) is 4.32. The molecule has 0 bridgehead atoms. The quantitative estimate of drug-likeness (QED) is 0.901. The van der Waals surface area contributed by atoms with Crippen molar-refractivity contribution in [1.29, 1.82) is 0 Å². The first-order valence-electron chi connectivity index (χ1n) is 8.56. The van der Waals surface area contributed by atoms with Crippen LogP contribution >= 0.6 is 0 Å². The maximum Gasteiger partial charge on any atom is 0.451 e. The second-order valence-corrected chi connectivity index (χ2v) is 6.55. The molecular formula is C16H22F3N5O. The van der Waals surface area contributed by atoms with E-state index in [0.29, 0.717) is 44.8 Å². The normalized spacial score (nSPS) is 19.4. The van der Waals surface area contributed by atoms with Crippen LogP contribution in [0.3, 0.4) is 0 Å². The van der Waals surface area contributed by atoms with E-state index in [2.05, 4.69) is 15.3 Å². The highest BCUT2D eigenvalue weighted by atomic mass is 19.4. The minimum atomic E-state index is -4.58. The summed E-state index contributed by atoms with van der Waals surface area (Å²) in [6, 6.07) is 1.59. The van der Waals surface area contributed by atoms with Gasteiger partial charge in [0.05, 0.1) is 0 Å². The van der Waals surface area contributed by atoms with Gasteiger partial charge < -0.3 is 15.1 Å². The fraction of sp³-hybridized carbons (Fsp3) is 0.688. The second-order valence-electron chi connectivity index (χ2n) is 6.55. The number of hydrogen-bond acceptors (Lipinski definition) is 5. The van der Waals surface area contributed by atoms with Gasteiger partial charge in [0, 0.05) is 45.2 Å². The van der Waals surface area contributed by atoms with Gasteiger partial charge in [-0.2, -0.15) is 13.2 Å². The molecule has 0 aliphatic carbocycles. The minimum absolute atomic E-state index is 0.00184. The van der Waals surface area contributed by atoms with Crippen LogP contribution in [0.4, 0.5) is 24.8 Å². The zero-order valence-electron chi connectivity index (χ0n) is 14.1. The molecule has 1 N–H and O–H groups in total. The van der Waals surface area contributed by atoms with E-state index in [1.54, 1.807) is 11.0 Å². The Hall–Kier alpha value is -2.06. The SMILES string of the molecule is CC(=O)N1CCC(Nc2cc(N3CCCC3)nc(C(F)(F)F)n2)CC1. The monoisotopic (exact) mass is 357 g/mol. The van der Waals surface area contributed by atoms with Crippen molar-refractivity contribution in [3.05, 3.63) is 11.9 Å². The summed E-state index contributed by atoms with van der Waals surface area (Å²) in [4.78, 5) is 22.4. The maximum atomic E-state index is 13.1. The first kappa shape index (κ1) is 17.8. The Morgan fingerprint density at radius 1 is 1.16 bits per heavy atom. The van der Waals surface area contributed by atoms with Crippen LogP contribution in [0.1, 0.15) is 38.4 Å². The molecule has 0 spiro atoms. The van der Waals surface area contributed by atoms with Gasteiger partial charge in [-0.05, 0) is 25.7 Å². The fourth-order valence-corrected chi connectivity index (χ4v) is 3.29. The smallest absolute Gasteiger partial charge is 0.367 e. The third-order valence-electron chi connectivity index (χ3n) is 4.69. The number of carbonyl (C=O) groups excluding carboxylic acids is 1. The summed E-state index contributed by atoms with van der Waals surface area (Å²) < 4.78 is 39.4. The lowest BCUT2D eigenvalue weighted by Crippen LogP contribution is -2.41. The van der Waals surface area contributed by atoms with E-state index < -0.39 is 12.0 Å². The first-order chi connectivity index (χ1) is 11.8. The second kappa shape index (κ2) is 7.05. The fourth-order valence-electron chi connectivity index (χ4n) is 3.29. The van der Waals surface area contributed by atoms with Crippen LogP contribution in [0.25, 0.3) is 0 Å². The van der Waals surface area contributed by atoms with E-state index in [-0.39, 0.29) is 17.8 Å². The number of amides is 1. The molecule has 2 fully saturated rings. The number of piperidine rings is 1. The van der Waals surface area contributed by atoms with Gasteiger partial charge in [-0.15, -0.1) is 0 Å². The largest absolute Gasteiger partial charge is 0.451 e. The van der Waals surface area contributed by atoms with E-state index >= 15 is 0 Å². The Balaban J connectivity index is 1.76. The van der Waals surface area contributed by atoms with Gasteiger partial charge >= 0.3 is 6.18 Å². The van der Waals surface area contributed by atoms with E-state index in [0.717, 1.165) is 12.8 Å². The highest BCUT2D eigenvalue weighted by molar-refractivity contribution is 5.73. The number of rotatable bonds is 3. The Labute approximate surface area is 144 Å². The summed E-state index contributed by atoms with van der Waals surface area (Å²) in [5.41, 5.74) is 0. The van der Waals surface area contributed by atoms with E-state index in [4.69, 9.17) is 0 Å². The zero-order valence-corrected chi connectivity index (χ0v) is 14.1. The average molecular weight is 357 g/mol. The molecule has 6 nitrogen and oxygen atoms in total. The van der Waals surface area contributed by atoms with Gasteiger partial charge in [-0.25, -0.2) is 9.97 Å². The van der Waals surface area contributed by atoms with Gasteiger partial charge in [0.15, 0.2) is 0 Å².